The number of nitro benzene ring substituents is 1. The second kappa shape index (κ2) is 9.45. The number of aromatic nitrogens is 1. The SMILES string of the molecule is CCCCOc1cc(O)c(-c2cc(-c3ccc(Br)cc3)c(C#N)c(N)n2)cc1[N+](=O)[O-]. The molecule has 0 saturated heterocycles. The third kappa shape index (κ3) is 4.75. The zero-order chi connectivity index (χ0) is 22.5. The maximum atomic E-state index is 11.6. The Morgan fingerprint density at radius 2 is 1.97 bits per heavy atom. The lowest BCUT2D eigenvalue weighted by atomic mass is 9.98. The second-order valence-electron chi connectivity index (χ2n) is 6.73. The van der Waals surface area contributed by atoms with E-state index in [4.69, 9.17) is 10.5 Å². The molecule has 158 valence electrons. The molecule has 0 atom stereocenters. The number of halogens is 1. The summed E-state index contributed by atoms with van der Waals surface area (Å²) in [6.07, 6.45) is 1.59. The lowest BCUT2D eigenvalue weighted by Crippen LogP contribution is -2.02. The van der Waals surface area contributed by atoms with Crippen molar-refractivity contribution in [2.24, 2.45) is 0 Å². The number of anilines is 1. The molecular formula is C22H19BrN4O4. The molecule has 0 bridgehead atoms. The first kappa shape index (κ1) is 22.1. The first-order valence-electron chi connectivity index (χ1n) is 9.46. The summed E-state index contributed by atoms with van der Waals surface area (Å²) >= 11 is 3.37. The van der Waals surface area contributed by atoms with Gasteiger partial charge >= 0.3 is 5.69 Å². The molecule has 0 amide bonds. The zero-order valence-corrected chi connectivity index (χ0v) is 18.2. The number of ether oxygens (including phenoxy) is 1. The van der Waals surface area contributed by atoms with Crippen molar-refractivity contribution >= 4 is 27.4 Å². The molecule has 31 heavy (non-hydrogen) atoms. The van der Waals surface area contributed by atoms with E-state index in [1.54, 1.807) is 18.2 Å². The molecule has 1 heterocycles. The van der Waals surface area contributed by atoms with Crippen molar-refractivity contribution < 1.29 is 14.8 Å². The van der Waals surface area contributed by atoms with Gasteiger partial charge in [0.05, 0.1) is 17.2 Å². The van der Waals surface area contributed by atoms with Crippen LogP contribution in [0.15, 0.2) is 46.9 Å². The molecule has 1 aromatic heterocycles. The van der Waals surface area contributed by atoms with Crippen LogP contribution in [-0.4, -0.2) is 21.6 Å². The summed E-state index contributed by atoms with van der Waals surface area (Å²) in [5.74, 6) is -0.298. The molecule has 8 nitrogen and oxygen atoms in total. The molecule has 3 aromatic rings. The van der Waals surface area contributed by atoms with Gasteiger partial charge in [-0.1, -0.05) is 41.4 Å². The highest BCUT2D eigenvalue weighted by Gasteiger charge is 2.22. The first-order valence-corrected chi connectivity index (χ1v) is 10.3. The summed E-state index contributed by atoms with van der Waals surface area (Å²) < 4.78 is 6.35. The molecule has 0 unspecified atom stereocenters. The second-order valence-corrected chi connectivity index (χ2v) is 7.65. The molecule has 3 rings (SSSR count). The number of phenols is 1. The van der Waals surface area contributed by atoms with Crippen LogP contribution in [-0.2, 0) is 0 Å². The molecule has 2 aromatic carbocycles. The number of nitriles is 1. The quantitative estimate of drug-likeness (QED) is 0.260. The number of pyridine rings is 1. The molecule has 0 aliphatic carbocycles. The average Bonchev–Trinajstić information content (AvgIpc) is 2.74. The Morgan fingerprint density at radius 1 is 1.26 bits per heavy atom. The summed E-state index contributed by atoms with van der Waals surface area (Å²) in [4.78, 5) is 15.2. The van der Waals surface area contributed by atoms with Crippen LogP contribution < -0.4 is 10.5 Å². The fourth-order valence-electron chi connectivity index (χ4n) is 3.02. The van der Waals surface area contributed by atoms with Gasteiger partial charge in [-0.2, -0.15) is 5.26 Å². The van der Waals surface area contributed by atoms with Crippen LogP contribution in [0, 0.1) is 21.4 Å². The highest BCUT2D eigenvalue weighted by atomic mass is 79.9. The highest BCUT2D eigenvalue weighted by Crippen LogP contribution is 2.41. The van der Waals surface area contributed by atoms with Crippen molar-refractivity contribution in [2.45, 2.75) is 19.8 Å². The van der Waals surface area contributed by atoms with Crippen molar-refractivity contribution in [3.63, 3.8) is 0 Å². The van der Waals surface area contributed by atoms with Gasteiger partial charge in [-0.15, -0.1) is 0 Å². The standard InChI is InChI=1S/C22H19BrN4O4/c1-2-3-8-31-21-11-20(28)16(10-19(21)27(29)30)18-9-15(17(12-24)22(25)26-18)13-4-6-14(23)7-5-13/h4-7,9-11,28H,2-3,8H2,1H3,(H2,25,26). The number of nitrogens with two attached hydrogens (primary N) is 1. The summed E-state index contributed by atoms with van der Waals surface area (Å²) in [5.41, 5.74) is 7.43. The van der Waals surface area contributed by atoms with Gasteiger partial charge < -0.3 is 15.6 Å². The smallest absolute Gasteiger partial charge is 0.311 e. The van der Waals surface area contributed by atoms with E-state index in [9.17, 15) is 20.5 Å². The average molecular weight is 483 g/mol. The molecular weight excluding hydrogens is 464 g/mol. The maximum Gasteiger partial charge on any atom is 0.311 e. The minimum atomic E-state index is -0.577. The number of hydrogen-bond acceptors (Lipinski definition) is 7. The van der Waals surface area contributed by atoms with Gasteiger partial charge in [-0.05, 0) is 30.2 Å². The Kier molecular flexibility index (Phi) is 6.72. The fourth-order valence-corrected chi connectivity index (χ4v) is 3.29. The number of nitro groups is 1. The van der Waals surface area contributed by atoms with Gasteiger partial charge in [0, 0.05) is 27.7 Å². The largest absolute Gasteiger partial charge is 0.507 e. The monoisotopic (exact) mass is 482 g/mol. The van der Waals surface area contributed by atoms with Crippen molar-refractivity contribution in [1.82, 2.24) is 4.98 Å². The van der Waals surface area contributed by atoms with Crippen LogP contribution in [0.5, 0.6) is 11.5 Å². The lowest BCUT2D eigenvalue weighted by molar-refractivity contribution is -0.385. The van der Waals surface area contributed by atoms with Crippen LogP contribution in [0.2, 0.25) is 0 Å². The van der Waals surface area contributed by atoms with Crippen LogP contribution in [0.3, 0.4) is 0 Å². The van der Waals surface area contributed by atoms with Crippen LogP contribution in [0.25, 0.3) is 22.4 Å². The van der Waals surface area contributed by atoms with Gasteiger partial charge in [0.15, 0.2) is 0 Å². The predicted octanol–water partition coefficient (Wildman–Crippen LogP) is 5.42. The fraction of sp³-hybridized carbons (Fsp3) is 0.182. The van der Waals surface area contributed by atoms with Gasteiger partial charge in [-0.25, -0.2) is 4.98 Å². The van der Waals surface area contributed by atoms with E-state index in [0.717, 1.165) is 17.3 Å². The predicted molar refractivity (Wildman–Crippen MR) is 121 cm³/mol. The maximum absolute atomic E-state index is 11.6. The van der Waals surface area contributed by atoms with Crippen LogP contribution in [0.4, 0.5) is 11.5 Å². The minimum Gasteiger partial charge on any atom is -0.507 e. The summed E-state index contributed by atoms with van der Waals surface area (Å²) in [7, 11) is 0. The first-order chi connectivity index (χ1) is 14.8. The van der Waals surface area contributed by atoms with E-state index in [0.29, 0.717) is 17.7 Å². The Hall–Kier alpha value is -3.64. The van der Waals surface area contributed by atoms with E-state index in [1.165, 1.54) is 12.1 Å². The van der Waals surface area contributed by atoms with Gasteiger partial charge in [0.1, 0.15) is 23.2 Å². The number of hydrogen-bond donors (Lipinski definition) is 2. The Morgan fingerprint density at radius 3 is 2.58 bits per heavy atom. The molecule has 0 fully saturated rings. The number of unbranched alkanes of at least 4 members (excludes halogenated alkanes) is 1. The van der Waals surface area contributed by atoms with Crippen molar-refractivity contribution in [2.75, 3.05) is 12.3 Å². The number of rotatable bonds is 7. The van der Waals surface area contributed by atoms with E-state index < -0.39 is 4.92 Å². The van der Waals surface area contributed by atoms with E-state index in [-0.39, 0.29) is 39.8 Å². The molecule has 0 aliphatic rings. The highest BCUT2D eigenvalue weighted by molar-refractivity contribution is 9.10. The molecule has 0 spiro atoms. The number of benzene rings is 2. The summed E-state index contributed by atoms with van der Waals surface area (Å²) in [6, 6.07) is 13.3. The molecule has 3 N–H and O–H groups in total. The van der Waals surface area contributed by atoms with Crippen LogP contribution in [0.1, 0.15) is 25.3 Å². The van der Waals surface area contributed by atoms with Crippen molar-refractivity contribution in [1.29, 1.82) is 5.26 Å². The number of aromatic hydroxyl groups is 1. The Labute approximate surface area is 187 Å². The Balaban J connectivity index is 2.16. The third-order valence-electron chi connectivity index (χ3n) is 4.62. The molecule has 0 aliphatic heterocycles. The zero-order valence-electron chi connectivity index (χ0n) is 16.6. The van der Waals surface area contributed by atoms with E-state index in [1.807, 2.05) is 25.1 Å². The van der Waals surface area contributed by atoms with Crippen molar-refractivity contribution in [3.05, 3.63) is 62.6 Å². The van der Waals surface area contributed by atoms with Gasteiger partial charge in [0.2, 0.25) is 5.75 Å². The topological polar surface area (TPSA) is 135 Å². The van der Waals surface area contributed by atoms with E-state index in [2.05, 4.69) is 20.9 Å². The molecule has 0 saturated carbocycles. The third-order valence-corrected chi connectivity index (χ3v) is 5.15. The number of nitrogen functional groups attached to an aromatic ring is 1. The lowest BCUT2D eigenvalue weighted by Gasteiger charge is -2.13. The summed E-state index contributed by atoms with van der Waals surface area (Å²) in [6.45, 7) is 2.27. The van der Waals surface area contributed by atoms with Gasteiger partial charge in [0.25, 0.3) is 0 Å². The Bertz CT molecular complexity index is 1170. The van der Waals surface area contributed by atoms with Crippen LogP contribution >= 0.6 is 15.9 Å². The normalized spacial score (nSPS) is 10.5. The van der Waals surface area contributed by atoms with Crippen molar-refractivity contribution in [3.8, 4) is 40.0 Å². The van der Waals surface area contributed by atoms with E-state index >= 15 is 0 Å². The molecule has 0 radical (unpaired) electrons. The molecule has 9 heteroatoms. The van der Waals surface area contributed by atoms with Gasteiger partial charge in [-0.3, -0.25) is 10.1 Å². The number of phenolic OH excluding ortho intramolecular Hbond substituents is 1. The minimum absolute atomic E-state index is 0.0190. The summed E-state index contributed by atoms with van der Waals surface area (Å²) in [5, 5.41) is 31.7. The number of nitrogens with zero attached hydrogens (tertiary/aromatic N) is 3.